The van der Waals surface area contributed by atoms with Crippen LogP contribution in [-0.2, 0) is 9.53 Å². The summed E-state index contributed by atoms with van der Waals surface area (Å²) in [4.78, 5) is 12.4. The van der Waals surface area contributed by atoms with Crippen molar-refractivity contribution in [3.8, 4) is 0 Å². The molecule has 0 saturated carbocycles. The number of hydrogen-bond donors (Lipinski definition) is 1. The fourth-order valence-electron chi connectivity index (χ4n) is 0.874. The zero-order chi connectivity index (χ0) is 7.56. The van der Waals surface area contributed by atoms with Gasteiger partial charge in [-0.05, 0) is 0 Å². The number of amides is 1. The van der Waals surface area contributed by atoms with E-state index in [1.54, 1.807) is 4.90 Å². The van der Waals surface area contributed by atoms with Gasteiger partial charge in [0.2, 0.25) is 5.91 Å². The number of aliphatic hydroxyl groups excluding tert-OH is 1. The second-order valence-electron chi connectivity index (χ2n) is 2.39. The molecule has 0 unspecified atom stereocenters. The molecule has 0 atom stereocenters. The summed E-state index contributed by atoms with van der Waals surface area (Å²) in [5.41, 5.74) is 0. The van der Waals surface area contributed by atoms with Crippen LogP contribution in [0.4, 0.5) is 0 Å². The Morgan fingerprint density at radius 3 is 2.80 bits per heavy atom. The maximum atomic E-state index is 10.9. The number of ether oxygens (including phenoxy) is 1. The van der Waals surface area contributed by atoms with E-state index < -0.39 is 0 Å². The summed E-state index contributed by atoms with van der Waals surface area (Å²) in [5.74, 6) is -0.0483. The number of rotatable bonds is 2. The van der Waals surface area contributed by atoms with Crippen LogP contribution in [0.3, 0.4) is 0 Å². The topological polar surface area (TPSA) is 49.8 Å². The van der Waals surface area contributed by atoms with Gasteiger partial charge in [-0.3, -0.25) is 4.79 Å². The quantitative estimate of drug-likeness (QED) is 0.533. The second-order valence-corrected chi connectivity index (χ2v) is 2.39. The number of aliphatic hydroxyl groups is 1. The summed E-state index contributed by atoms with van der Waals surface area (Å²) in [6.45, 7) is 1.04. The van der Waals surface area contributed by atoms with Crippen LogP contribution >= 0.6 is 0 Å². The van der Waals surface area contributed by atoms with E-state index in [1.807, 2.05) is 0 Å². The first-order valence-electron chi connectivity index (χ1n) is 3.19. The van der Waals surface area contributed by atoms with Crippen molar-refractivity contribution in [1.82, 2.24) is 4.90 Å². The van der Waals surface area contributed by atoms with E-state index in [0.717, 1.165) is 0 Å². The normalized spacial score (nSPS) is 18.8. The third kappa shape index (κ3) is 1.46. The molecule has 1 fully saturated rings. The maximum absolute atomic E-state index is 10.9. The Kier molecular flexibility index (Phi) is 2.24. The first kappa shape index (κ1) is 7.50. The van der Waals surface area contributed by atoms with Crippen LogP contribution in [0.5, 0.6) is 0 Å². The standard InChI is InChI=1S/C6H11NO3/c1-10-4-6(9)7-2-5(8)3-7/h5,8H,2-4H2,1H3. The third-order valence-corrected chi connectivity index (χ3v) is 1.48. The molecule has 1 rings (SSSR count). The van der Waals surface area contributed by atoms with Gasteiger partial charge in [0.25, 0.3) is 0 Å². The minimum atomic E-state index is -0.319. The number of carbonyl (C=O) groups excluding carboxylic acids is 1. The van der Waals surface area contributed by atoms with Gasteiger partial charge in [-0.25, -0.2) is 0 Å². The molecule has 1 amide bonds. The monoisotopic (exact) mass is 145 g/mol. The lowest BCUT2D eigenvalue weighted by Gasteiger charge is -2.35. The van der Waals surface area contributed by atoms with E-state index >= 15 is 0 Å². The first-order chi connectivity index (χ1) is 4.74. The molecule has 10 heavy (non-hydrogen) atoms. The van der Waals surface area contributed by atoms with Crippen molar-refractivity contribution >= 4 is 5.91 Å². The summed E-state index contributed by atoms with van der Waals surface area (Å²) >= 11 is 0. The Balaban J connectivity index is 2.18. The van der Waals surface area contributed by atoms with Crippen molar-refractivity contribution < 1.29 is 14.6 Å². The van der Waals surface area contributed by atoms with Gasteiger partial charge in [0, 0.05) is 20.2 Å². The molecule has 0 aromatic carbocycles. The maximum Gasteiger partial charge on any atom is 0.248 e. The van der Waals surface area contributed by atoms with Gasteiger partial charge in [-0.15, -0.1) is 0 Å². The predicted octanol–water partition coefficient (Wildman–Crippen LogP) is -1.16. The van der Waals surface area contributed by atoms with E-state index in [4.69, 9.17) is 5.11 Å². The minimum absolute atomic E-state index is 0.0483. The van der Waals surface area contributed by atoms with Gasteiger partial charge in [0.1, 0.15) is 6.61 Å². The zero-order valence-electron chi connectivity index (χ0n) is 5.91. The van der Waals surface area contributed by atoms with Gasteiger partial charge >= 0.3 is 0 Å². The summed E-state index contributed by atoms with van der Waals surface area (Å²) < 4.78 is 4.62. The molecule has 0 aliphatic carbocycles. The third-order valence-electron chi connectivity index (χ3n) is 1.48. The van der Waals surface area contributed by atoms with Crippen LogP contribution < -0.4 is 0 Å². The van der Waals surface area contributed by atoms with Crippen LogP contribution in [-0.4, -0.2) is 48.8 Å². The lowest BCUT2D eigenvalue weighted by Crippen LogP contribution is -2.54. The van der Waals surface area contributed by atoms with Crippen molar-refractivity contribution in [3.05, 3.63) is 0 Å². The van der Waals surface area contributed by atoms with Gasteiger partial charge in [0.15, 0.2) is 0 Å². The zero-order valence-corrected chi connectivity index (χ0v) is 5.91. The fraction of sp³-hybridized carbons (Fsp3) is 0.833. The molecule has 4 heteroatoms. The molecule has 1 saturated heterocycles. The Morgan fingerprint density at radius 1 is 1.80 bits per heavy atom. The van der Waals surface area contributed by atoms with Gasteiger partial charge in [0.05, 0.1) is 6.10 Å². The van der Waals surface area contributed by atoms with E-state index in [0.29, 0.717) is 13.1 Å². The molecule has 58 valence electrons. The molecule has 0 aromatic rings. The van der Waals surface area contributed by atoms with Crippen molar-refractivity contribution in [3.63, 3.8) is 0 Å². The average molecular weight is 145 g/mol. The Morgan fingerprint density at radius 2 is 2.40 bits per heavy atom. The van der Waals surface area contributed by atoms with Gasteiger partial charge < -0.3 is 14.7 Å². The highest BCUT2D eigenvalue weighted by Crippen LogP contribution is 2.06. The highest BCUT2D eigenvalue weighted by Gasteiger charge is 2.27. The summed E-state index contributed by atoms with van der Waals surface area (Å²) in [5, 5.41) is 8.80. The van der Waals surface area contributed by atoms with E-state index in [9.17, 15) is 4.79 Å². The van der Waals surface area contributed by atoms with Crippen LogP contribution in [0.2, 0.25) is 0 Å². The average Bonchev–Trinajstić information content (AvgIpc) is 1.82. The highest BCUT2D eigenvalue weighted by molar-refractivity contribution is 5.78. The molecule has 1 heterocycles. The molecule has 0 spiro atoms. The Bertz CT molecular complexity index is 131. The molecule has 0 bridgehead atoms. The summed E-state index contributed by atoms with van der Waals surface area (Å²) in [6.07, 6.45) is -0.319. The predicted molar refractivity (Wildman–Crippen MR) is 34.5 cm³/mol. The van der Waals surface area contributed by atoms with E-state index in [1.165, 1.54) is 7.11 Å². The molecular weight excluding hydrogens is 134 g/mol. The fourth-order valence-corrected chi connectivity index (χ4v) is 0.874. The van der Waals surface area contributed by atoms with Gasteiger partial charge in [-0.1, -0.05) is 0 Å². The lowest BCUT2D eigenvalue weighted by molar-refractivity contribution is -0.145. The van der Waals surface area contributed by atoms with Crippen LogP contribution in [0.25, 0.3) is 0 Å². The van der Waals surface area contributed by atoms with E-state index in [-0.39, 0.29) is 18.6 Å². The summed E-state index contributed by atoms with van der Waals surface area (Å²) in [6, 6.07) is 0. The van der Waals surface area contributed by atoms with Crippen molar-refractivity contribution in [2.24, 2.45) is 0 Å². The molecular formula is C6H11NO3. The minimum Gasteiger partial charge on any atom is -0.389 e. The van der Waals surface area contributed by atoms with Gasteiger partial charge in [-0.2, -0.15) is 0 Å². The SMILES string of the molecule is COCC(=O)N1CC(O)C1. The molecule has 4 nitrogen and oxygen atoms in total. The van der Waals surface area contributed by atoms with Crippen LogP contribution in [0, 0.1) is 0 Å². The molecule has 0 aromatic heterocycles. The smallest absolute Gasteiger partial charge is 0.248 e. The van der Waals surface area contributed by atoms with Crippen molar-refractivity contribution in [2.45, 2.75) is 6.10 Å². The molecule has 1 aliphatic rings. The largest absolute Gasteiger partial charge is 0.389 e. The molecule has 0 radical (unpaired) electrons. The highest BCUT2D eigenvalue weighted by atomic mass is 16.5. The first-order valence-corrected chi connectivity index (χ1v) is 3.19. The Labute approximate surface area is 59.4 Å². The number of likely N-dealkylation sites (tertiary alicyclic amines) is 1. The van der Waals surface area contributed by atoms with Crippen molar-refractivity contribution in [1.29, 1.82) is 0 Å². The Hall–Kier alpha value is -0.610. The van der Waals surface area contributed by atoms with Crippen LogP contribution in [0.1, 0.15) is 0 Å². The number of carbonyl (C=O) groups is 1. The number of hydrogen-bond acceptors (Lipinski definition) is 3. The van der Waals surface area contributed by atoms with Crippen molar-refractivity contribution in [2.75, 3.05) is 26.8 Å². The van der Waals surface area contributed by atoms with E-state index in [2.05, 4.69) is 4.74 Å². The lowest BCUT2D eigenvalue weighted by atomic mass is 10.2. The number of β-amino-alcohol motifs (C(OH)–C–C–N with tert-alkyl or cyclic N) is 1. The summed E-state index contributed by atoms with van der Waals surface area (Å²) in [7, 11) is 1.48. The number of methoxy groups -OCH3 is 1. The molecule has 1 aliphatic heterocycles. The van der Waals surface area contributed by atoms with Crippen LogP contribution in [0.15, 0.2) is 0 Å². The molecule has 1 N–H and O–H groups in total. The number of nitrogens with zero attached hydrogens (tertiary/aromatic N) is 1. The second kappa shape index (κ2) is 2.98.